The molecule has 0 radical (unpaired) electrons. The number of aromatic amines is 1. The van der Waals surface area contributed by atoms with E-state index in [0.717, 1.165) is 33.9 Å². The molecule has 130 valence electrons. The van der Waals surface area contributed by atoms with Gasteiger partial charge in [0.05, 0.1) is 22.5 Å². The number of imidazole rings is 1. The first-order valence-corrected chi connectivity index (χ1v) is 9.34. The second kappa shape index (κ2) is 7.70. The maximum Gasteiger partial charge on any atom is 0.240 e. The summed E-state index contributed by atoms with van der Waals surface area (Å²) >= 11 is 1.48. The highest BCUT2D eigenvalue weighted by molar-refractivity contribution is 8.00. The molecule has 3 aromatic rings. The minimum absolute atomic E-state index is 0.110. The molecular weight excluding hydrogens is 332 g/mol. The molecule has 0 saturated heterocycles. The highest BCUT2D eigenvalue weighted by atomic mass is 32.2. The topological polar surface area (TPSA) is 61.9 Å². The van der Waals surface area contributed by atoms with Crippen molar-refractivity contribution < 1.29 is 4.79 Å². The summed E-state index contributed by atoms with van der Waals surface area (Å²) in [5, 5.41) is 0.567. The molecule has 3 rings (SSSR count). The Morgan fingerprint density at radius 1 is 1.32 bits per heavy atom. The van der Waals surface area contributed by atoms with Crippen molar-refractivity contribution in [3.05, 3.63) is 48.3 Å². The number of benzene rings is 1. The molecule has 0 aliphatic carbocycles. The van der Waals surface area contributed by atoms with Gasteiger partial charge in [-0.05, 0) is 44.0 Å². The number of amides is 1. The molecule has 1 aromatic carbocycles. The second-order valence-electron chi connectivity index (χ2n) is 5.87. The predicted octanol–water partition coefficient (Wildman–Crippen LogP) is 4.19. The number of aromatic nitrogens is 3. The monoisotopic (exact) mass is 354 g/mol. The Balaban J connectivity index is 1.82. The van der Waals surface area contributed by atoms with E-state index < -0.39 is 0 Å². The number of aryl methyl sites for hydroxylation is 1. The molecule has 5 nitrogen and oxygen atoms in total. The Morgan fingerprint density at radius 3 is 2.84 bits per heavy atom. The van der Waals surface area contributed by atoms with Crippen LogP contribution in [0.5, 0.6) is 0 Å². The summed E-state index contributed by atoms with van der Waals surface area (Å²) in [6.45, 7) is 6.72. The van der Waals surface area contributed by atoms with E-state index in [4.69, 9.17) is 0 Å². The lowest BCUT2D eigenvalue weighted by Gasteiger charge is -2.25. The summed E-state index contributed by atoms with van der Waals surface area (Å²) in [4.78, 5) is 26.8. The molecule has 1 N–H and O–H groups in total. The second-order valence-corrected chi connectivity index (χ2v) is 7.06. The van der Waals surface area contributed by atoms with Crippen molar-refractivity contribution in [3.8, 4) is 0 Å². The average Bonchev–Trinajstić information content (AvgIpc) is 3.02. The lowest BCUT2D eigenvalue weighted by molar-refractivity contribution is -0.118. The summed E-state index contributed by atoms with van der Waals surface area (Å²) in [5.74, 6) is 0.110. The van der Waals surface area contributed by atoms with E-state index in [1.54, 1.807) is 12.4 Å². The molecule has 0 bridgehead atoms. The number of pyridine rings is 1. The maximum absolute atomic E-state index is 13.1. The summed E-state index contributed by atoms with van der Waals surface area (Å²) in [5.41, 5.74) is 3.85. The third kappa shape index (κ3) is 3.85. The molecule has 2 heterocycles. The number of thioether (sulfide) groups is 1. The van der Waals surface area contributed by atoms with Gasteiger partial charge >= 0.3 is 0 Å². The first-order chi connectivity index (χ1) is 12.1. The number of anilines is 1. The van der Waals surface area contributed by atoms with Crippen LogP contribution < -0.4 is 4.90 Å². The third-order valence-electron chi connectivity index (χ3n) is 4.06. The van der Waals surface area contributed by atoms with Crippen LogP contribution in [0.15, 0.2) is 47.9 Å². The van der Waals surface area contributed by atoms with Gasteiger partial charge in [0.15, 0.2) is 5.16 Å². The van der Waals surface area contributed by atoms with Crippen LogP contribution in [-0.2, 0) is 4.79 Å². The fraction of sp³-hybridized carbons (Fsp3) is 0.316. The molecule has 0 fully saturated rings. The molecule has 1 unspecified atom stereocenters. The summed E-state index contributed by atoms with van der Waals surface area (Å²) < 4.78 is 0. The number of nitrogens with zero attached hydrogens (tertiary/aromatic N) is 3. The van der Waals surface area contributed by atoms with Crippen LogP contribution in [-0.4, -0.2) is 32.7 Å². The van der Waals surface area contributed by atoms with E-state index in [2.05, 4.69) is 15.0 Å². The van der Waals surface area contributed by atoms with Gasteiger partial charge in [-0.2, -0.15) is 0 Å². The molecule has 0 aliphatic rings. The number of fused-ring (bicyclic) bond motifs is 1. The Kier molecular flexibility index (Phi) is 5.38. The largest absolute Gasteiger partial charge is 0.332 e. The smallest absolute Gasteiger partial charge is 0.240 e. The standard InChI is InChI=1S/C19H22N4OS/c1-4-17(25-19-21-15-9-10-20-12-16(15)22-19)18(24)23(5-2)14-8-6-7-13(3)11-14/h6-12,17H,4-5H2,1-3H3,(H,21,22). The fourth-order valence-corrected chi connectivity index (χ4v) is 3.75. The zero-order chi connectivity index (χ0) is 17.8. The van der Waals surface area contributed by atoms with Crippen molar-refractivity contribution in [1.29, 1.82) is 0 Å². The Morgan fingerprint density at radius 2 is 2.16 bits per heavy atom. The van der Waals surface area contributed by atoms with Crippen LogP contribution >= 0.6 is 11.8 Å². The summed E-state index contributed by atoms with van der Waals surface area (Å²) in [6, 6.07) is 9.92. The third-order valence-corrected chi connectivity index (χ3v) is 5.29. The van der Waals surface area contributed by atoms with Gasteiger partial charge in [-0.1, -0.05) is 30.8 Å². The molecule has 1 atom stereocenters. The molecule has 1 amide bonds. The van der Waals surface area contributed by atoms with Crippen molar-refractivity contribution in [2.75, 3.05) is 11.4 Å². The molecular formula is C19H22N4OS. The highest BCUT2D eigenvalue weighted by Gasteiger charge is 2.25. The Bertz CT molecular complexity index is 843. The molecule has 0 saturated carbocycles. The number of hydrogen-bond donors (Lipinski definition) is 1. The van der Waals surface area contributed by atoms with Gasteiger partial charge in [0.25, 0.3) is 0 Å². The predicted molar refractivity (Wildman–Crippen MR) is 103 cm³/mol. The first kappa shape index (κ1) is 17.5. The van der Waals surface area contributed by atoms with E-state index in [-0.39, 0.29) is 11.2 Å². The minimum Gasteiger partial charge on any atom is -0.332 e. The lowest BCUT2D eigenvalue weighted by Crippen LogP contribution is -2.37. The van der Waals surface area contributed by atoms with E-state index >= 15 is 0 Å². The van der Waals surface area contributed by atoms with Gasteiger partial charge in [-0.25, -0.2) is 4.98 Å². The van der Waals surface area contributed by atoms with E-state index in [1.807, 2.05) is 56.0 Å². The van der Waals surface area contributed by atoms with Crippen LogP contribution in [0.4, 0.5) is 5.69 Å². The average molecular weight is 354 g/mol. The summed E-state index contributed by atoms with van der Waals surface area (Å²) in [6.07, 6.45) is 4.21. The number of H-pyrrole nitrogens is 1. The van der Waals surface area contributed by atoms with Crippen LogP contribution in [0.2, 0.25) is 0 Å². The number of carbonyl (C=O) groups is 1. The minimum atomic E-state index is -0.186. The van der Waals surface area contributed by atoms with E-state index in [0.29, 0.717) is 6.54 Å². The highest BCUT2D eigenvalue weighted by Crippen LogP contribution is 2.28. The van der Waals surface area contributed by atoms with Crippen molar-refractivity contribution in [1.82, 2.24) is 15.0 Å². The lowest BCUT2D eigenvalue weighted by atomic mass is 10.2. The van der Waals surface area contributed by atoms with Gasteiger partial charge in [0.2, 0.25) is 5.91 Å². The number of nitrogens with one attached hydrogen (secondary N) is 1. The fourth-order valence-electron chi connectivity index (χ4n) is 2.77. The number of carbonyl (C=O) groups excluding carboxylic acids is 1. The van der Waals surface area contributed by atoms with Gasteiger partial charge in [-0.3, -0.25) is 9.78 Å². The molecule has 2 aromatic heterocycles. The Labute approximate surface area is 151 Å². The normalized spacial score (nSPS) is 12.3. The quantitative estimate of drug-likeness (QED) is 0.674. The van der Waals surface area contributed by atoms with Crippen molar-refractivity contribution >= 4 is 34.4 Å². The first-order valence-electron chi connectivity index (χ1n) is 8.46. The van der Waals surface area contributed by atoms with Gasteiger partial charge < -0.3 is 9.88 Å². The molecule has 0 aliphatic heterocycles. The van der Waals surface area contributed by atoms with Gasteiger partial charge in [-0.15, -0.1) is 0 Å². The van der Waals surface area contributed by atoms with Crippen molar-refractivity contribution in [3.63, 3.8) is 0 Å². The van der Waals surface area contributed by atoms with Crippen LogP contribution in [0.25, 0.3) is 11.0 Å². The summed E-state index contributed by atoms with van der Waals surface area (Å²) in [7, 11) is 0. The maximum atomic E-state index is 13.1. The van der Waals surface area contributed by atoms with Crippen LogP contribution in [0, 0.1) is 6.92 Å². The Hall–Kier alpha value is -2.34. The van der Waals surface area contributed by atoms with Gasteiger partial charge in [0.1, 0.15) is 0 Å². The molecule has 25 heavy (non-hydrogen) atoms. The van der Waals surface area contributed by atoms with E-state index in [1.165, 1.54) is 11.8 Å². The van der Waals surface area contributed by atoms with Crippen LogP contribution in [0.1, 0.15) is 25.8 Å². The van der Waals surface area contributed by atoms with Gasteiger partial charge in [0, 0.05) is 18.4 Å². The zero-order valence-corrected chi connectivity index (χ0v) is 15.5. The molecule has 6 heteroatoms. The number of hydrogen-bond acceptors (Lipinski definition) is 4. The molecule has 0 spiro atoms. The van der Waals surface area contributed by atoms with Crippen LogP contribution in [0.3, 0.4) is 0 Å². The SMILES string of the molecule is CCC(Sc1nc2ccncc2[nH]1)C(=O)N(CC)c1cccc(C)c1. The zero-order valence-electron chi connectivity index (χ0n) is 14.7. The van der Waals surface area contributed by atoms with Crippen molar-refractivity contribution in [2.24, 2.45) is 0 Å². The van der Waals surface area contributed by atoms with E-state index in [9.17, 15) is 4.79 Å². The number of rotatable bonds is 6. The van der Waals surface area contributed by atoms with Crippen molar-refractivity contribution in [2.45, 2.75) is 37.6 Å².